The van der Waals surface area contributed by atoms with E-state index < -0.39 is 32.2 Å². The molecule has 0 saturated heterocycles. The van der Waals surface area contributed by atoms with Crippen LogP contribution in [-0.4, -0.2) is 90.2 Å². The number of carbonyl (C=O) groups excluding carboxylic acids is 1. The van der Waals surface area contributed by atoms with E-state index in [4.69, 9.17) is 14.2 Å². The summed E-state index contributed by atoms with van der Waals surface area (Å²) in [6, 6.07) is 16.1. The third kappa shape index (κ3) is 7.87. The van der Waals surface area contributed by atoms with E-state index in [0.717, 1.165) is 0 Å². The van der Waals surface area contributed by atoms with E-state index >= 15 is 0 Å². The fourth-order valence-electron chi connectivity index (χ4n) is 4.96. The van der Waals surface area contributed by atoms with E-state index in [1.54, 1.807) is 30.0 Å². The fraction of sp³-hybridized carbons (Fsp3) is 0.387. The van der Waals surface area contributed by atoms with Gasteiger partial charge in [-0.15, -0.1) is 0 Å². The standard InChI is InChI=1S/C31H39N3O9S2/c1-21-18-34(22(2)20-35)31(36)17-23-16-24(32-44(37,38)27-11-7-25(41-4)8-12-27)6-15-29(23)43-30(21)19-33(3)45(39,40)28-13-9-26(42-5)10-14-28/h6-16,21-22,30,32,35H,17-20H2,1-5H3/t21-,22-,30-/m1/s1. The minimum atomic E-state index is -3.97. The molecule has 0 aromatic heterocycles. The highest BCUT2D eigenvalue weighted by atomic mass is 32.2. The van der Waals surface area contributed by atoms with Crippen LogP contribution in [0.15, 0.2) is 76.5 Å². The van der Waals surface area contributed by atoms with Gasteiger partial charge in [-0.25, -0.2) is 16.8 Å². The molecule has 14 heteroatoms. The van der Waals surface area contributed by atoms with Crippen molar-refractivity contribution in [1.29, 1.82) is 0 Å². The topological polar surface area (TPSA) is 152 Å². The summed E-state index contributed by atoms with van der Waals surface area (Å²) in [5.41, 5.74) is 0.621. The van der Waals surface area contributed by atoms with Gasteiger partial charge in [0, 0.05) is 30.8 Å². The Labute approximate surface area is 264 Å². The van der Waals surface area contributed by atoms with Crippen LogP contribution in [0, 0.1) is 5.92 Å². The normalized spacial score (nSPS) is 18.2. The van der Waals surface area contributed by atoms with Gasteiger partial charge < -0.3 is 24.2 Å². The van der Waals surface area contributed by atoms with Gasteiger partial charge in [0.25, 0.3) is 10.0 Å². The lowest BCUT2D eigenvalue weighted by atomic mass is 10.0. The van der Waals surface area contributed by atoms with Crippen molar-refractivity contribution in [3.8, 4) is 17.2 Å². The number of nitrogens with zero attached hydrogens (tertiary/aromatic N) is 2. The van der Waals surface area contributed by atoms with E-state index in [-0.39, 0.29) is 53.4 Å². The summed E-state index contributed by atoms with van der Waals surface area (Å²) in [6.45, 7) is 3.46. The number of hydrogen-bond donors (Lipinski definition) is 2. The molecule has 1 heterocycles. The summed E-state index contributed by atoms with van der Waals surface area (Å²) in [6.07, 6.45) is -0.833. The number of aliphatic hydroxyl groups is 1. The largest absolute Gasteiger partial charge is 0.497 e. The highest BCUT2D eigenvalue weighted by Gasteiger charge is 2.33. The molecule has 3 aromatic carbocycles. The van der Waals surface area contributed by atoms with Gasteiger partial charge in [0.15, 0.2) is 0 Å². The number of methoxy groups -OCH3 is 2. The quantitative estimate of drug-likeness (QED) is 0.316. The lowest BCUT2D eigenvalue weighted by molar-refractivity contribution is -0.134. The average molecular weight is 662 g/mol. The molecule has 0 fully saturated rings. The van der Waals surface area contributed by atoms with Crippen molar-refractivity contribution in [3.63, 3.8) is 0 Å². The number of benzene rings is 3. The summed E-state index contributed by atoms with van der Waals surface area (Å²) in [7, 11) is -3.44. The molecule has 1 aliphatic heterocycles. The molecule has 0 aliphatic carbocycles. The maximum atomic E-state index is 13.5. The second-order valence-electron chi connectivity index (χ2n) is 11.0. The first-order chi connectivity index (χ1) is 21.3. The maximum Gasteiger partial charge on any atom is 0.261 e. The van der Waals surface area contributed by atoms with Crippen molar-refractivity contribution < 1.29 is 40.9 Å². The summed E-state index contributed by atoms with van der Waals surface area (Å²) in [5.74, 6) is 0.713. The first-order valence-electron chi connectivity index (χ1n) is 14.3. The van der Waals surface area contributed by atoms with Gasteiger partial charge in [-0.1, -0.05) is 6.92 Å². The average Bonchev–Trinajstić information content (AvgIpc) is 3.07. The van der Waals surface area contributed by atoms with E-state index in [2.05, 4.69) is 4.72 Å². The van der Waals surface area contributed by atoms with Crippen molar-refractivity contribution >= 4 is 31.6 Å². The van der Waals surface area contributed by atoms with Crippen LogP contribution in [0.3, 0.4) is 0 Å². The number of ether oxygens (including phenoxy) is 3. The molecular formula is C31H39N3O9S2. The molecule has 0 radical (unpaired) electrons. The molecule has 244 valence electrons. The van der Waals surface area contributed by atoms with Crippen LogP contribution < -0.4 is 18.9 Å². The Hall–Kier alpha value is -3.85. The Kier molecular flexibility index (Phi) is 10.6. The highest BCUT2D eigenvalue weighted by molar-refractivity contribution is 7.92. The van der Waals surface area contributed by atoms with Crippen LogP contribution in [0.2, 0.25) is 0 Å². The molecule has 3 atom stereocenters. The van der Waals surface area contributed by atoms with Gasteiger partial charge in [0.05, 0.1) is 49.6 Å². The molecule has 0 unspecified atom stereocenters. The lowest BCUT2D eigenvalue weighted by Crippen LogP contribution is -2.48. The van der Waals surface area contributed by atoms with E-state index in [1.165, 1.54) is 74.1 Å². The molecule has 1 aliphatic rings. The predicted molar refractivity (Wildman–Crippen MR) is 169 cm³/mol. The summed E-state index contributed by atoms with van der Waals surface area (Å²) in [4.78, 5) is 15.2. The Morgan fingerprint density at radius 1 is 0.978 bits per heavy atom. The number of nitrogens with one attached hydrogen (secondary N) is 1. The summed E-state index contributed by atoms with van der Waals surface area (Å²) in [5, 5.41) is 9.91. The van der Waals surface area contributed by atoms with Gasteiger partial charge in [-0.2, -0.15) is 4.31 Å². The molecular weight excluding hydrogens is 622 g/mol. The smallest absolute Gasteiger partial charge is 0.261 e. The second kappa shape index (κ2) is 14.1. The minimum Gasteiger partial charge on any atom is -0.497 e. The lowest BCUT2D eigenvalue weighted by Gasteiger charge is -2.33. The molecule has 0 saturated carbocycles. The number of amides is 1. The summed E-state index contributed by atoms with van der Waals surface area (Å²) >= 11 is 0. The number of aliphatic hydroxyl groups excluding tert-OH is 1. The molecule has 1 amide bonds. The number of anilines is 1. The van der Waals surface area contributed by atoms with Crippen molar-refractivity contribution in [3.05, 3.63) is 72.3 Å². The van der Waals surface area contributed by atoms with Gasteiger partial charge in [-0.3, -0.25) is 9.52 Å². The molecule has 12 nitrogen and oxygen atoms in total. The fourth-order valence-corrected chi connectivity index (χ4v) is 7.19. The minimum absolute atomic E-state index is 0.0251. The van der Waals surface area contributed by atoms with Crippen LogP contribution in [0.5, 0.6) is 17.2 Å². The monoisotopic (exact) mass is 661 g/mol. The number of likely N-dealkylation sites (N-methyl/N-ethyl adjacent to an activating group) is 1. The maximum absolute atomic E-state index is 13.5. The zero-order chi connectivity index (χ0) is 32.9. The Balaban J connectivity index is 1.66. The molecule has 3 aromatic rings. The molecule has 0 bridgehead atoms. The van der Waals surface area contributed by atoms with Crippen LogP contribution in [0.25, 0.3) is 0 Å². The van der Waals surface area contributed by atoms with Crippen LogP contribution in [-0.2, 0) is 31.3 Å². The van der Waals surface area contributed by atoms with Crippen molar-refractivity contribution in [2.45, 2.75) is 42.2 Å². The van der Waals surface area contributed by atoms with Crippen LogP contribution in [0.1, 0.15) is 19.4 Å². The van der Waals surface area contributed by atoms with Crippen molar-refractivity contribution in [1.82, 2.24) is 9.21 Å². The molecule has 45 heavy (non-hydrogen) atoms. The number of rotatable bonds is 11. The number of fused-ring (bicyclic) bond motifs is 1. The van der Waals surface area contributed by atoms with Gasteiger partial charge in [0.1, 0.15) is 23.4 Å². The van der Waals surface area contributed by atoms with E-state index in [1.807, 2.05) is 6.92 Å². The van der Waals surface area contributed by atoms with Gasteiger partial charge in [0.2, 0.25) is 15.9 Å². The van der Waals surface area contributed by atoms with E-state index in [0.29, 0.717) is 22.8 Å². The Morgan fingerprint density at radius 3 is 2.11 bits per heavy atom. The first-order valence-corrected chi connectivity index (χ1v) is 17.2. The van der Waals surface area contributed by atoms with E-state index in [9.17, 15) is 26.7 Å². The van der Waals surface area contributed by atoms with Gasteiger partial charge in [-0.05, 0) is 73.7 Å². The third-order valence-electron chi connectivity index (χ3n) is 7.74. The van der Waals surface area contributed by atoms with Crippen molar-refractivity contribution in [2.75, 3.05) is 45.7 Å². The Bertz CT molecular complexity index is 1700. The number of sulfonamides is 2. The molecule has 0 spiro atoms. The SMILES string of the molecule is COc1ccc(S(=O)(=O)Nc2ccc3c(c2)CC(=O)N([C@H](C)CO)C[C@@H](C)[C@@H](CN(C)S(=O)(=O)c2ccc(OC)cc2)O3)cc1. The second-order valence-corrected chi connectivity index (χ2v) is 14.7. The van der Waals surface area contributed by atoms with Gasteiger partial charge >= 0.3 is 0 Å². The predicted octanol–water partition coefficient (Wildman–Crippen LogP) is 2.97. The zero-order valence-corrected chi connectivity index (χ0v) is 27.5. The summed E-state index contributed by atoms with van der Waals surface area (Å²) < 4.78 is 73.5. The first kappa shape index (κ1) is 34.0. The zero-order valence-electron chi connectivity index (χ0n) is 25.8. The highest BCUT2D eigenvalue weighted by Crippen LogP contribution is 2.31. The third-order valence-corrected chi connectivity index (χ3v) is 11.0. The molecule has 2 N–H and O–H groups in total. The van der Waals surface area contributed by atoms with Crippen LogP contribution >= 0.6 is 0 Å². The molecule has 4 rings (SSSR count). The Morgan fingerprint density at radius 2 is 1.56 bits per heavy atom. The van der Waals surface area contributed by atoms with Crippen LogP contribution in [0.4, 0.5) is 5.69 Å². The number of carbonyl (C=O) groups is 1. The van der Waals surface area contributed by atoms with Crippen molar-refractivity contribution in [2.24, 2.45) is 5.92 Å². The number of hydrogen-bond acceptors (Lipinski definition) is 9.